The Bertz CT molecular complexity index is 883. The summed E-state index contributed by atoms with van der Waals surface area (Å²) in [5.74, 6) is -2.95. The van der Waals surface area contributed by atoms with E-state index in [4.69, 9.17) is 24.5 Å². The van der Waals surface area contributed by atoms with E-state index in [1.807, 2.05) is 0 Å². The number of ether oxygens (including phenoxy) is 1. The smallest absolute Gasteiger partial charge is 0.414 e. The Morgan fingerprint density at radius 2 is 1.96 bits per heavy atom. The summed E-state index contributed by atoms with van der Waals surface area (Å²) in [5, 5.41) is 14.8. The molecule has 1 aliphatic heterocycles. The Labute approximate surface area is 166 Å². The van der Waals surface area contributed by atoms with Crippen LogP contribution in [0.1, 0.15) is 35.8 Å². The van der Waals surface area contributed by atoms with Crippen molar-refractivity contribution >= 4 is 29.2 Å². The minimum atomic E-state index is -1.82. The van der Waals surface area contributed by atoms with Gasteiger partial charge in [0.15, 0.2) is 0 Å². The van der Waals surface area contributed by atoms with Crippen LogP contribution >= 0.6 is 11.7 Å². The van der Waals surface area contributed by atoms with Crippen LogP contribution in [0, 0.1) is 0 Å². The molecule has 0 radical (unpaired) electrons. The fourth-order valence-corrected chi connectivity index (χ4v) is 3.82. The molecule has 1 aliphatic carbocycles. The van der Waals surface area contributed by atoms with E-state index in [1.54, 1.807) is 0 Å². The van der Waals surface area contributed by atoms with Crippen molar-refractivity contribution in [2.45, 2.75) is 25.4 Å². The van der Waals surface area contributed by atoms with Crippen molar-refractivity contribution in [1.82, 2.24) is 13.6 Å². The Hall–Kier alpha value is -2.78. The molecule has 0 spiro atoms. The van der Waals surface area contributed by atoms with Gasteiger partial charge in [0, 0.05) is 13.1 Å². The first-order valence-electron chi connectivity index (χ1n) is 8.87. The highest BCUT2D eigenvalue weighted by molar-refractivity contribution is 6.99. The maximum absolute atomic E-state index is 9.10. The van der Waals surface area contributed by atoms with E-state index in [1.165, 1.54) is 28.4 Å². The third kappa shape index (κ3) is 4.73. The number of fused-ring (bicyclic) bond motifs is 1. The molecule has 0 amide bonds. The molecule has 2 N–H and O–H groups in total. The molecular weight excluding hydrogens is 382 g/mol. The van der Waals surface area contributed by atoms with E-state index in [9.17, 15) is 0 Å². The highest BCUT2D eigenvalue weighted by Gasteiger charge is 2.27. The largest absolute Gasteiger partial charge is 0.473 e. The van der Waals surface area contributed by atoms with Gasteiger partial charge in [-0.2, -0.15) is 4.37 Å². The predicted molar refractivity (Wildman–Crippen MR) is 103 cm³/mol. The molecule has 8 nitrogen and oxygen atoms in total. The van der Waals surface area contributed by atoms with Gasteiger partial charge >= 0.3 is 11.9 Å². The predicted octanol–water partition coefficient (Wildman–Crippen LogP) is 2.48. The van der Waals surface area contributed by atoms with Crippen molar-refractivity contribution in [2.24, 2.45) is 0 Å². The van der Waals surface area contributed by atoms with Gasteiger partial charge in [-0.3, -0.25) is 0 Å². The summed E-state index contributed by atoms with van der Waals surface area (Å²) in [7, 11) is 2.14. The number of hydrogen-bond donors (Lipinski definition) is 2. The van der Waals surface area contributed by atoms with E-state index in [-0.39, 0.29) is 6.10 Å². The number of nitrogens with zero attached hydrogens (tertiary/aromatic N) is 3. The number of carbonyl (C=O) groups is 2. The van der Waals surface area contributed by atoms with Gasteiger partial charge in [0.2, 0.25) is 0 Å². The minimum Gasteiger partial charge on any atom is -0.473 e. The van der Waals surface area contributed by atoms with Gasteiger partial charge in [0.1, 0.15) is 11.8 Å². The molecule has 4 rings (SSSR count). The lowest BCUT2D eigenvalue weighted by molar-refractivity contribution is -0.159. The zero-order valence-electron chi connectivity index (χ0n) is 15.4. The third-order valence-corrected chi connectivity index (χ3v) is 5.13. The second kappa shape index (κ2) is 8.94. The number of benzene rings is 1. The fourth-order valence-electron chi connectivity index (χ4n) is 3.29. The van der Waals surface area contributed by atoms with Crippen LogP contribution in [0.4, 0.5) is 0 Å². The third-order valence-electron chi connectivity index (χ3n) is 4.62. The Kier molecular flexibility index (Phi) is 6.37. The quantitative estimate of drug-likeness (QED) is 0.752. The van der Waals surface area contributed by atoms with Crippen molar-refractivity contribution in [2.75, 3.05) is 20.1 Å². The average molecular weight is 403 g/mol. The highest BCUT2D eigenvalue weighted by atomic mass is 32.1. The second-order valence-corrected chi connectivity index (χ2v) is 7.16. The van der Waals surface area contributed by atoms with Crippen molar-refractivity contribution in [3.63, 3.8) is 0 Å². The van der Waals surface area contributed by atoms with Crippen LogP contribution in [0.3, 0.4) is 0 Å². The SMILES string of the molecule is CN1CCC=C(c2nsnc2OC2CCc3ccccc32)C1.O=C(O)C(=O)O. The van der Waals surface area contributed by atoms with E-state index >= 15 is 0 Å². The standard InChI is InChI=1S/C17H19N3OS.C2H2O4/c1-20-10-4-6-13(11-20)16-17(19-22-18-16)21-15-9-8-12-5-2-3-7-14(12)15;3-1(4)2(5)6/h2-3,5-7,15H,4,8-11H2,1H3;(H,3,4)(H,5,6). The Morgan fingerprint density at radius 3 is 2.68 bits per heavy atom. The average Bonchev–Trinajstić information content (AvgIpc) is 3.30. The van der Waals surface area contributed by atoms with Crippen LogP contribution < -0.4 is 4.74 Å². The summed E-state index contributed by atoms with van der Waals surface area (Å²) in [6, 6.07) is 8.54. The second-order valence-electron chi connectivity index (χ2n) is 6.63. The minimum absolute atomic E-state index is 0.112. The summed E-state index contributed by atoms with van der Waals surface area (Å²) < 4.78 is 15.1. The van der Waals surface area contributed by atoms with Crippen LogP contribution in [-0.4, -0.2) is 55.9 Å². The van der Waals surface area contributed by atoms with Gasteiger partial charge in [-0.05, 0) is 43.0 Å². The summed E-state index contributed by atoms with van der Waals surface area (Å²) in [6.45, 7) is 2.02. The van der Waals surface area contributed by atoms with Gasteiger partial charge in [0.05, 0.1) is 11.7 Å². The molecule has 1 aromatic carbocycles. The highest BCUT2D eigenvalue weighted by Crippen LogP contribution is 2.37. The number of carboxylic acids is 2. The molecule has 0 bridgehead atoms. The summed E-state index contributed by atoms with van der Waals surface area (Å²) in [6.07, 6.45) is 5.55. The summed E-state index contributed by atoms with van der Waals surface area (Å²) in [4.78, 5) is 20.5. The van der Waals surface area contributed by atoms with Crippen molar-refractivity contribution in [3.05, 3.63) is 47.2 Å². The number of carboxylic acid groups (broad SMARTS) is 2. The van der Waals surface area contributed by atoms with E-state index in [0.29, 0.717) is 5.88 Å². The van der Waals surface area contributed by atoms with E-state index in [0.717, 1.165) is 38.0 Å². The zero-order valence-corrected chi connectivity index (χ0v) is 16.2. The molecule has 148 valence electrons. The Morgan fingerprint density at radius 1 is 1.21 bits per heavy atom. The van der Waals surface area contributed by atoms with Crippen LogP contribution in [0.5, 0.6) is 5.88 Å². The Balaban J connectivity index is 0.000000330. The molecule has 2 aromatic rings. The van der Waals surface area contributed by atoms with E-state index in [2.05, 4.69) is 51.0 Å². The van der Waals surface area contributed by atoms with Crippen molar-refractivity contribution < 1.29 is 24.5 Å². The number of aromatic nitrogens is 2. The molecule has 2 aliphatic rings. The van der Waals surface area contributed by atoms with Crippen molar-refractivity contribution in [1.29, 1.82) is 0 Å². The lowest BCUT2D eigenvalue weighted by Gasteiger charge is -2.22. The van der Waals surface area contributed by atoms with Gasteiger partial charge in [-0.25, -0.2) is 9.59 Å². The number of rotatable bonds is 3. The van der Waals surface area contributed by atoms with Crippen LogP contribution in [0.2, 0.25) is 0 Å². The van der Waals surface area contributed by atoms with E-state index < -0.39 is 11.9 Å². The van der Waals surface area contributed by atoms with Crippen LogP contribution in [-0.2, 0) is 16.0 Å². The molecule has 0 fully saturated rings. The topological polar surface area (TPSA) is 113 Å². The molecular formula is C19H21N3O5S. The van der Waals surface area contributed by atoms with Gasteiger partial charge in [-0.15, -0.1) is 4.37 Å². The lowest BCUT2D eigenvalue weighted by atomic mass is 10.1. The fraction of sp³-hybridized carbons (Fsp3) is 0.368. The lowest BCUT2D eigenvalue weighted by Crippen LogP contribution is -2.25. The number of likely N-dealkylation sites (N-methyl/N-ethyl adjacent to an activating group) is 1. The first-order chi connectivity index (χ1) is 13.5. The first kappa shape index (κ1) is 20.0. The zero-order chi connectivity index (χ0) is 20.1. The maximum atomic E-state index is 9.10. The molecule has 0 saturated carbocycles. The molecule has 1 aromatic heterocycles. The number of aliphatic carboxylic acids is 2. The number of hydrogen-bond acceptors (Lipinski definition) is 7. The van der Waals surface area contributed by atoms with Crippen LogP contribution in [0.15, 0.2) is 30.3 Å². The van der Waals surface area contributed by atoms with Crippen LogP contribution in [0.25, 0.3) is 5.57 Å². The van der Waals surface area contributed by atoms with Gasteiger partial charge < -0.3 is 19.8 Å². The van der Waals surface area contributed by atoms with Gasteiger partial charge in [-0.1, -0.05) is 30.3 Å². The normalized spacial score (nSPS) is 18.5. The molecule has 1 atom stereocenters. The van der Waals surface area contributed by atoms with Crippen molar-refractivity contribution in [3.8, 4) is 5.88 Å². The number of aryl methyl sites for hydroxylation is 1. The maximum Gasteiger partial charge on any atom is 0.414 e. The first-order valence-corrected chi connectivity index (χ1v) is 9.60. The molecule has 2 heterocycles. The monoisotopic (exact) mass is 403 g/mol. The molecule has 9 heteroatoms. The molecule has 1 unspecified atom stereocenters. The van der Waals surface area contributed by atoms with Gasteiger partial charge in [0.25, 0.3) is 5.88 Å². The molecule has 0 saturated heterocycles. The molecule has 28 heavy (non-hydrogen) atoms. The summed E-state index contributed by atoms with van der Waals surface area (Å²) >= 11 is 1.24. The summed E-state index contributed by atoms with van der Waals surface area (Å²) in [5.41, 5.74) is 4.87.